The molecule has 100 valence electrons. The molecule has 0 aliphatic rings. The molecule has 2 aromatic carbocycles. The van der Waals surface area contributed by atoms with Crippen molar-refractivity contribution in [2.75, 3.05) is 6.26 Å². The molecule has 2 rings (SSSR count). The van der Waals surface area contributed by atoms with Crippen LogP contribution in [0.1, 0.15) is 17.2 Å². The van der Waals surface area contributed by atoms with E-state index in [0.29, 0.717) is 6.42 Å². The van der Waals surface area contributed by atoms with E-state index in [0.717, 1.165) is 11.1 Å². The molecule has 2 atom stereocenters. The molecular weight excluding hydrogens is 254 g/mol. The number of aliphatic hydroxyl groups excluding tert-OH is 1. The molecule has 19 heavy (non-hydrogen) atoms. The van der Waals surface area contributed by atoms with Gasteiger partial charge in [-0.05, 0) is 29.5 Å². The van der Waals surface area contributed by atoms with Crippen LogP contribution < -0.4 is 5.73 Å². The highest BCUT2D eigenvalue weighted by Crippen LogP contribution is 2.21. The van der Waals surface area contributed by atoms with E-state index in [9.17, 15) is 5.11 Å². The maximum atomic E-state index is 10.2. The van der Waals surface area contributed by atoms with E-state index in [2.05, 4.69) is 0 Å². The Hall–Kier alpha value is -1.29. The summed E-state index contributed by atoms with van der Waals surface area (Å²) in [5.41, 5.74) is 8.20. The molecule has 0 spiro atoms. The molecule has 0 aliphatic carbocycles. The fourth-order valence-corrected chi connectivity index (χ4v) is 2.44. The predicted molar refractivity (Wildman–Crippen MR) is 81.3 cm³/mol. The van der Waals surface area contributed by atoms with Crippen molar-refractivity contribution < 1.29 is 5.11 Å². The molecule has 0 fully saturated rings. The SMILES string of the molecule is CSc1ccc([C@@H](N)[C@@H](O)Cc2ccccc2)cc1. The first-order chi connectivity index (χ1) is 9.20. The number of hydrogen-bond acceptors (Lipinski definition) is 3. The molecule has 0 radical (unpaired) electrons. The molecule has 2 aromatic rings. The molecule has 0 aromatic heterocycles. The summed E-state index contributed by atoms with van der Waals surface area (Å²) in [7, 11) is 0. The van der Waals surface area contributed by atoms with Crippen LogP contribution in [0.25, 0.3) is 0 Å². The molecule has 0 saturated heterocycles. The summed E-state index contributed by atoms with van der Waals surface area (Å²) < 4.78 is 0. The summed E-state index contributed by atoms with van der Waals surface area (Å²) in [4.78, 5) is 1.20. The predicted octanol–water partition coefficient (Wildman–Crippen LogP) is 3.01. The van der Waals surface area contributed by atoms with Crippen molar-refractivity contribution in [3.63, 3.8) is 0 Å². The van der Waals surface area contributed by atoms with Gasteiger partial charge in [-0.2, -0.15) is 0 Å². The molecule has 3 N–H and O–H groups in total. The van der Waals surface area contributed by atoms with Crippen LogP contribution in [-0.4, -0.2) is 17.5 Å². The van der Waals surface area contributed by atoms with Gasteiger partial charge in [-0.15, -0.1) is 11.8 Å². The molecular formula is C16H19NOS. The van der Waals surface area contributed by atoms with Gasteiger partial charge in [0, 0.05) is 11.3 Å². The standard InChI is InChI=1S/C16H19NOS/c1-19-14-9-7-13(8-10-14)16(17)15(18)11-12-5-3-2-4-6-12/h2-10,15-16,18H,11,17H2,1H3/t15-,16+/m0/s1. The molecule has 0 bridgehead atoms. The fraction of sp³-hybridized carbons (Fsp3) is 0.250. The first-order valence-electron chi connectivity index (χ1n) is 6.32. The maximum absolute atomic E-state index is 10.2. The second kappa shape index (κ2) is 6.75. The minimum atomic E-state index is -0.567. The lowest BCUT2D eigenvalue weighted by molar-refractivity contribution is 0.145. The van der Waals surface area contributed by atoms with E-state index in [1.54, 1.807) is 11.8 Å². The van der Waals surface area contributed by atoms with Crippen molar-refractivity contribution in [3.05, 3.63) is 65.7 Å². The van der Waals surface area contributed by atoms with Crippen molar-refractivity contribution in [2.24, 2.45) is 5.73 Å². The zero-order valence-corrected chi connectivity index (χ0v) is 11.8. The highest BCUT2D eigenvalue weighted by atomic mass is 32.2. The van der Waals surface area contributed by atoms with E-state index in [1.165, 1.54) is 4.90 Å². The third-order valence-electron chi connectivity index (χ3n) is 3.20. The Morgan fingerprint density at radius 1 is 1.05 bits per heavy atom. The Balaban J connectivity index is 2.03. The minimum Gasteiger partial charge on any atom is -0.391 e. The molecule has 0 saturated carbocycles. The third kappa shape index (κ3) is 3.83. The van der Waals surface area contributed by atoms with Gasteiger partial charge in [-0.3, -0.25) is 0 Å². The van der Waals surface area contributed by atoms with Crippen LogP contribution in [0.5, 0.6) is 0 Å². The minimum absolute atomic E-state index is 0.351. The lowest BCUT2D eigenvalue weighted by Crippen LogP contribution is -2.28. The van der Waals surface area contributed by atoms with Crippen LogP contribution in [0.4, 0.5) is 0 Å². The number of nitrogens with two attached hydrogens (primary N) is 1. The summed E-state index contributed by atoms with van der Waals surface area (Å²) in [6, 6.07) is 17.6. The van der Waals surface area contributed by atoms with Crippen molar-refractivity contribution in [2.45, 2.75) is 23.5 Å². The lowest BCUT2D eigenvalue weighted by atomic mass is 9.97. The van der Waals surface area contributed by atoms with Crippen LogP contribution >= 0.6 is 11.8 Å². The topological polar surface area (TPSA) is 46.2 Å². The quantitative estimate of drug-likeness (QED) is 0.823. The second-order valence-electron chi connectivity index (χ2n) is 4.56. The van der Waals surface area contributed by atoms with E-state index >= 15 is 0 Å². The number of benzene rings is 2. The van der Waals surface area contributed by atoms with Gasteiger partial charge >= 0.3 is 0 Å². The molecule has 0 aliphatic heterocycles. The zero-order chi connectivity index (χ0) is 13.7. The summed E-state index contributed by atoms with van der Waals surface area (Å²) in [5, 5.41) is 10.2. The van der Waals surface area contributed by atoms with Gasteiger partial charge < -0.3 is 10.8 Å². The monoisotopic (exact) mass is 273 g/mol. The maximum Gasteiger partial charge on any atom is 0.0773 e. The summed E-state index contributed by atoms with van der Waals surface area (Å²) in [6.45, 7) is 0. The Morgan fingerprint density at radius 2 is 1.68 bits per heavy atom. The normalized spacial score (nSPS) is 14.1. The Morgan fingerprint density at radius 3 is 2.26 bits per heavy atom. The summed E-state index contributed by atoms with van der Waals surface area (Å²) >= 11 is 1.70. The molecule has 0 heterocycles. The van der Waals surface area contributed by atoms with Crippen molar-refractivity contribution in [1.82, 2.24) is 0 Å². The smallest absolute Gasteiger partial charge is 0.0773 e. The zero-order valence-electron chi connectivity index (χ0n) is 11.0. The number of rotatable bonds is 5. The average Bonchev–Trinajstić information content (AvgIpc) is 2.47. The highest BCUT2D eigenvalue weighted by molar-refractivity contribution is 7.98. The fourth-order valence-electron chi connectivity index (χ4n) is 2.03. The van der Waals surface area contributed by atoms with E-state index < -0.39 is 6.10 Å². The van der Waals surface area contributed by atoms with Gasteiger partial charge in [0.05, 0.1) is 12.1 Å². The number of hydrogen-bond donors (Lipinski definition) is 2. The first kappa shape index (κ1) is 14.1. The largest absolute Gasteiger partial charge is 0.391 e. The van der Waals surface area contributed by atoms with Gasteiger partial charge in [0.2, 0.25) is 0 Å². The van der Waals surface area contributed by atoms with E-state index in [-0.39, 0.29) is 6.04 Å². The van der Waals surface area contributed by atoms with Gasteiger partial charge in [0.25, 0.3) is 0 Å². The summed E-state index contributed by atoms with van der Waals surface area (Å²) in [6.07, 6.45) is 2.05. The number of thioether (sulfide) groups is 1. The second-order valence-corrected chi connectivity index (χ2v) is 5.44. The van der Waals surface area contributed by atoms with E-state index in [4.69, 9.17) is 5.73 Å². The third-order valence-corrected chi connectivity index (χ3v) is 3.95. The lowest BCUT2D eigenvalue weighted by Gasteiger charge is -2.19. The highest BCUT2D eigenvalue weighted by Gasteiger charge is 2.17. The van der Waals surface area contributed by atoms with Gasteiger partial charge in [0.15, 0.2) is 0 Å². The van der Waals surface area contributed by atoms with Crippen LogP contribution in [0.2, 0.25) is 0 Å². The Labute approximate surface area is 118 Å². The van der Waals surface area contributed by atoms with Crippen LogP contribution in [0, 0.1) is 0 Å². The molecule has 3 heteroatoms. The van der Waals surface area contributed by atoms with Crippen LogP contribution in [0.3, 0.4) is 0 Å². The van der Waals surface area contributed by atoms with Crippen molar-refractivity contribution in [3.8, 4) is 0 Å². The van der Waals surface area contributed by atoms with Crippen LogP contribution in [0.15, 0.2) is 59.5 Å². The van der Waals surface area contributed by atoms with Gasteiger partial charge in [0.1, 0.15) is 0 Å². The molecule has 0 unspecified atom stereocenters. The van der Waals surface area contributed by atoms with Crippen molar-refractivity contribution >= 4 is 11.8 Å². The van der Waals surface area contributed by atoms with Gasteiger partial charge in [-0.1, -0.05) is 42.5 Å². The van der Waals surface area contributed by atoms with Gasteiger partial charge in [-0.25, -0.2) is 0 Å². The van der Waals surface area contributed by atoms with Crippen molar-refractivity contribution in [1.29, 1.82) is 0 Å². The summed E-state index contributed by atoms with van der Waals surface area (Å²) in [5.74, 6) is 0. The van der Waals surface area contributed by atoms with E-state index in [1.807, 2.05) is 60.9 Å². The first-order valence-corrected chi connectivity index (χ1v) is 7.54. The van der Waals surface area contributed by atoms with Crippen LogP contribution in [-0.2, 0) is 6.42 Å². The number of aliphatic hydroxyl groups is 1. The molecule has 2 nitrogen and oxygen atoms in total. The Kier molecular flexibility index (Phi) is 5.02. The Bertz CT molecular complexity index is 498. The average molecular weight is 273 g/mol. The molecule has 0 amide bonds.